The number of aromatic amines is 1. The minimum atomic E-state index is -0.419. The van der Waals surface area contributed by atoms with Crippen molar-refractivity contribution in [3.05, 3.63) is 81.4 Å². The topological polar surface area (TPSA) is 65.2 Å². The second kappa shape index (κ2) is 7.94. The molecule has 4 rings (SSSR count). The fourth-order valence-electron chi connectivity index (χ4n) is 3.66. The molecule has 144 valence electrons. The van der Waals surface area contributed by atoms with Crippen LogP contribution in [-0.2, 0) is 24.4 Å². The smallest absolute Gasteiger partial charge is 0.222 e. The number of pyridine rings is 1. The average Bonchev–Trinajstić information content (AvgIpc) is 3.08. The van der Waals surface area contributed by atoms with Crippen LogP contribution in [0.1, 0.15) is 29.7 Å². The van der Waals surface area contributed by atoms with Crippen molar-refractivity contribution in [3.63, 3.8) is 0 Å². The van der Waals surface area contributed by atoms with Gasteiger partial charge in [0.15, 0.2) is 5.43 Å². The van der Waals surface area contributed by atoms with E-state index in [0.717, 1.165) is 29.8 Å². The number of benzene rings is 2. The van der Waals surface area contributed by atoms with Crippen molar-refractivity contribution in [1.82, 2.24) is 15.2 Å². The van der Waals surface area contributed by atoms with E-state index in [1.165, 1.54) is 18.2 Å². The van der Waals surface area contributed by atoms with E-state index in [1.807, 2.05) is 17.0 Å². The van der Waals surface area contributed by atoms with Gasteiger partial charge in [-0.15, -0.1) is 0 Å². The summed E-state index contributed by atoms with van der Waals surface area (Å²) in [6, 6.07) is 13.7. The van der Waals surface area contributed by atoms with E-state index < -0.39 is 5.82 Å². The number of aromatic nitrogens is 1. The molecule has 3 aromatic rings. The average molecular weight is 379 g/mol. The van der Waals surface area contributed by atoms with Crippen LogP contribution in [0.5, 0.6) is 0 Å². The van der Waals surface area contributed by atoms with Crippen molar-refractivity contribution in [2.45, 2.75) is 32.5 Å². The highest BCUT2D eigenvalue weighted by Crippen LogP contribution is 2.17. The molecule has 1 saturated heterocycles. The molecule has 6 heteroatoms. The van der Waals surface area contributed by atoms with E-state index in [-0.39, 0.29) is 11.3 Å². The number of hydrogen-bond donors (Lipinski definition) is 2. The number of likely N-dealkylation sites (tertiary alicyclic amines) is 1. The van der Waals surface area contributed by atoms with Crippen LogP contribution in [-0.4, -0.2) is 22.3 Å². The van der Waals surface area contributed by atoms with E-state index in [9.17, 15) is 14.0 Å². The van der Waals surface area contributed by atoms with Crippen LogP contribution in [0, 0.1) is 5.82 Å². The van der Waals surface area contributed by atoms with Gasteiger partial charge in [0.1, 0.15) is 5.82 Å². The van der Waals surface area contributed by atoms with Crippen molar-refractivity contribution in [1.29, 1.82) is 0 Å². The van der Waals surface area contributed by atoms with Crippen LogP contribution < -0.4 is 10.7 Å². The third-order valence-corrected chi connectivity index (χ3v) is 5.13. The van der Waals surface area contributed by atoms with E-state index in [2.05, 4.69) is 22.4 Å². The van der Waals surface area contributed by atoms with Crippen molar-refractivity contribution >= 4 is 16.8 Å². The predicted octanol–water partition coefficient (Wildman–Crippen LogP) is 3.08. The van der Waals surface area contributed by atoms with Crippen LogP contribution in [0.2, 0.25) is 0 Å². The molecular formula is C22H22FN3O2. The highest BCUT2D eigenvalue weighted by atomic mass is 19.1. The molecule has 0 saturated carbocycles. The van der Waals surface area contributed by atoms with Crippen LogP contribution in [0.3, 0.4) is 0 Å². The van der Waals surface area contributed by atoms with Gasteiger partial charge in [-0.3, -0.25) is 9.59 Å². The molecule has 1 aliphatic rings. The fraction of sp³-hybridized carbons (Fsp3) is 0.273. The van der Waals surface area contributed by atoms with E-state index in [0.29, 0.717) is 37.0 Å². The summed E-state index contributed by atoms with van der Waals surface area (Å²) >= 11 is 0. The van der Waals surface area contributed by atoms with Gasteiger partial charge in [-0.2, -0.15) is 0 Å². The van der Waals surface area contributed by atoms with Crippen LogP contribution in [0.4, 0.5) is 4.39 Å². The molecule has 0 spiro atoms. The molecule has 28 heavy (non-hydrogen) atoms. The number of nitrogens with zero attached hydrogens (tertiary/aromatic N) is 1. The second-order valence-electron chi connectivity index (χ2n) is 7.14. The number of rotatable bonds is 6. The Morgan fingerprint density at radius 1 is 1.04 bits per heavy atom. The Kier molecular flexibility index (Phi) is 5.21. The Morgan fingerprint density at radius 3 is 2.64 bits per heavy atom. The molecule has 1 aliphatic heterocycles. The van der Waals surface area contributed by atoms with E-state index >= 15 is 0 Å². The normalized spacial score (nSPS) is 14.2. The summed E-state index contributed by atoms with van der Waals surface area (Å²) in [5, 5.41) is 3.70. The molecule has 1 amide bonds. The molecule has 1 aromatic heterocycles. The summed E-state index contributed by atoms with van der Waals surface area (Å²) in [7, 11) is 0. The first-order valence-corrected chi connectivity index (χ1v) is 9.47. The third kappa shape index (κ3) is 3.97. The van der Waals surface area contributed by atoms with E-state index in [4.69, 9.17) is 0 Å². The quantitative estimate of drug-likeness (QED) is 0.692. The first kappa shape index (κ1) is 18.4. The van der Waals surface area contributed by atoms with Crippen LogP contribution in [0.15, 0.2) is 53.3 Å². The third-order valence-electron chi connectivity index (χ3n) is 5.13. The Morgan fingerprint density at radius 2 is 1.86 bits per heavy atom. The molecule has 1 fully saturated rings. The standard InChI is InChI=1S/C22H22FN3O2/c23-17-7-8-20-19(10-17)21(27)11-18(25-20)13-24-12-15-4-1-2-5-16(15)14-26-9-3-6-22(26)28/h1-2,4-5,7-8,10-11,24H,3,6,9,12-14H2,(H,25,27). The first-order valence-electron chi connectivity index (χ1n) is 9.47. The van der Waals surface area contributed by atoms with Gasteiger partial charge < -0.3 is 15.2 Å². The van der Waals surface area contributed by atoms with Crippen LogP contribution >= 0.6 is 0 Å². The summed E-state index contributed by atoms with van der Waals surface area (Å²) in [6.45, 7) is 2.57. The fourth-order valence-corrected chi connectivity index (χ4v) is 3.66. The Labute approximate surface area is 162 Å². The Balaban J connectivity index is 1.44. The molecule has 0 aliphatic carbocycles. The molecule has 0 unspecified atom stereocenters. The predicted molar refractivity (Wildman–Crippen MR) is 106 cm³/mol. The molecule has 2 aromatic carbocycles. The summed E-state index contributed by atoms with van der Waals surface area (Å²) in [6.07, 6.45) is 1.57. The summed E-state index contributed by atoms with van der Waals surface area (Å²) in [5.74, 6) is -0.204. The van der Waals surface area contributed by atoms with E-state index in [1.54, 1.807) is 6.07 Å². The van der Waals surface area contributed by atoms with Gasteiger partial charge >= 0.3 is 0 Å². The maximum absolute atomic E-state index is 13.3. The minimum absolute atomic E-state index is 0.196. The second-order valence-corrected chi connectivity index (χ2v) is 7.14. The first-order chi connectivity index (χ1) is 13.6. The monoisotopic (exact) mass is 379 g/mol. The number of nitrogens with one attached hydrogen (secondary N) is 2. The number of halogens is 1. The molecule has 0 bridgehead atoms. The number of hydrogen-bond acceptors (Lipinski definition) is 3. The summed E-state index contributed by atoms with van der Waals surface area (Å²) in [5.41, 5.74) is 3.44. The zero-order chi connectivity index (χ0) is 19.5. The zero-order valence-electron chi connectivity index (χ0n) is 15.5. The lowest BCUT2D eigenvalue weighted by atomic mass is 10.1. The molecule has 5 nitrogen and oxygen atoms in total. The number of fused-ring (bicyclic) bond motifs is 1. The van der Waals surface area contributed by atoms with Crippen LogP contribution in [0.25, 0.3) is 10.9 Å². The number of carbonyl (C=O) groups excluding carboxylic acids is 1. The minimum Gasteiger partial charge on any atom is -0.357 e. The number of H-pyrrole nitrogens is 1. The lowest BCUT2D eigenvalue weighted by Gasteiger charge is -2.18. The van der Waals surface area contributed by atoms with Gasteiger partial charge in [0.2, 0.25) is 5.91 Å². The summed E-state index contributed by atoms with van der Waals surface area (Å²) < 4.78 is 13.3. The Bertz CT molecular complexity index is 1080. The van der Waals surface area contributed by atoms with Crippen molar-refractivity contribution in [3.8, 4) is 0 Å². The summed E-state index contributed by atoms with van der Waals surface area (Å²) in [4.78, 5) is 29.2. The zero-order valence-corrected chi connectivity index (χ0v) is 15.5. The molecule has 0 radical (unpaired) electrons. The van der Waals surface area contributed by atoms with Crippen molar-refractivity contribution < 1.29 is 9.18 Å². The molecule has 2 N–H and O–H groups in total. The van der Waals surface area contributed by atoms with Gasteiger partial charge in [0.25, 0.3) is 0 Å². The van der Waals surface area contributed by atoms with Gasteiger partial charge in [0, 0.05) is 55.3 Å². The highest BCUT2D eigenvalue weighted by molar-refractivity contribution is 5.78. The van der Waals surface area contributed by atoms with Crippen molar-refractivity contribution in [2.75, 3.05) is 6.54 Å². The lowest BCUT2D eigenvalue weighted by Crippen LogP contribution is -2.25. The van der Waals surface area contributed by atoms with Gasteiger partial charge in [-0.25, -0.2) is 4.39 Å². The van der Waals surface area contributed by atoms with Gasteiger partial charge in [-0.1, -0.05) is 24.3 Å². The molecule has 0 atom stereocenters. The SMILES string of the molecule is O=C1CCCN1Cc1ccccc1CNCc1cc(=O)c2cc(F)ccc2[nH]1. The largest absolute Gasteiger partial charge is 0.357 e. The maximum atomic E-state index is 13.3. The number of carbonyl (C=O) groups is 1. The Hall–Kier alpha value is -2.99. The highest BCUT2D eigenvalue weighted by Gasteiger charge is 2.20. The molecule has 2 heterocycles. The molecular weight excluding hydrogens is 357 g/mol. The maximum Gasteiger partial charge on any atom is 0.222 e. The number of amides is 1. The van der Waals surface area contributed by atoms with Gasteiger partial charge in [0.05, 0.1) is 0 Å². The van der Waals surface area contributed by atoms with Crippen molar-refractivity contribution in [2.24, 2.45) is 0 Å². The van der Waals surface area contributed by atoms with Gasteiger partial charge in [-0.05, 0) is 35.7 Å². The lowest BCUT2D eigenvalue weighted by molar-refractivity contribution is -0.128.